The Labute approximate surface area is 116 Å². The summed E-state index contributed by atoms with van der Waals surface area (Å²) in [5.74, 6) is 0.995. The van der Waals surface area contributed by atoms with E-state index in [4.69, 9.17) is 0 Å². The molecule has 0 amide bonds. The Hall–Kier alpha value is -0.380. The van der Waals surface area contributed by atoms with Crippen LogP contribution in [0.5, 0.6) is 0 Å². The molecule has 2 saturated carbocycles. The highest BCUT2D eigenvalue weighted by Gasteiger charge is 2.37. The van der Waals surface area contributed by atoms with Crippen molar-refractivity contribution < 1.29 is 0 Å². The first kappa shape index (κ1) is 14.0. The molecule has 0 saturated heterocycles. The molecule has 0 bridgehead atoms. The molecule has 0 radical (unpaired) electrons. The van der Waals surface area contributed by atoms with Crippen LogP contribution in [0.4, 0.5) is 0 Å². The van der Waals surface area contributed by atoms with E-state index in [0.717, 1.165) is 17.8 Å². The minimum atomic E-state index is 0.534. The second-order valence-electron chi connectivity index (χ2n) is 6.10. The number of rotatable bonds is 4. The van der Waals surface area contributed by atoms with Crippen molar-refractivity contribution in [3.63, 3.8) is 0 Å². The van der Waals surface area contributed by atoms with E-state index in [2.05, 4.69) is 28.8 Å². The number of hydrogen-bond donors (Lipinski definition) is 2. The van der Waals surface area contributed by atoms with Crippen molar-refractivity contribution in [1.82, 2.24) is 10.6 Å². The summed E-state index contributed by atoms with van der Waals surface area (Å²) in [6, 6.07) is 0.606. The second kappa shape index (κ2) is 6.18. The molecular weight excluding hydrogens is 242 g/mol. The van der Waals surface area contributed by atoms with E-state index in [1.165, 1.54) is 38.5 Å². The van der Waals surface area contributed by atoms with Crippen molar-refractivity contribution in [1.29, 1.82) is 0 Å². The normalized spacial score (nSPS) is 30.9. The van der Waals surface area contributed by atoms with Gasteiger partial charge in [0.2, 0.25) is 0 Å². The van der Waals surface area contributed by atoms with Gasteiger partial charge in [-0.15, -0.1) is 0 Å². The topological polar surface area (TPSA) is 36.4 Å². The minimum absolute atomic E-state index is 0.534. The van der Waals surface area contributed by atoms with Crippen LogP contribution in [0.1, 0.15) is 45.4 Å². The average Bonchev–Trinajstić information content (AvgIpc) is 3.13. The third-order valence-electron chi connectivity index (χ3n) is 4.31. The fraction of sp³-hybridized carbons (Fsp3) is 0.929. The fourth-order valence-electron chi connectivity index (χ4n) is 2.57. The third-order valence-corrected chi connectivity index (χ3v) is 5.40. The number of hydrogen-bond acceptors (Lipinski definition) is 2. The number of nitrogens with one attached hydrogen (secondary N) is 2. The van der Waals surface area contributed by atoms with Crippen LogP contribution < -0.4 is 10.6 Å². The average molecular weight is 269 g/mol. The molecule has 104 valence electrons. The van der Waals surface area contributed by atoms with Crippen LogP contribution in [0.3, 0.4) is 0 Å². The highest BCUT2D eigenvalue weighted by atomic mass is 32.2. The van der Waals surface area contributed by atoms with E-state index >= 15 is 0 Å². The lowest BCUT2D eigenvalue weighted by molar-refractivity contribution is 0.417. The van der Waals surface area contributed by atoms with E-state index in [9.17, 15) is 0 Å². The van der Waals surface area contributed by atoms with Gasteiger partial charge >= 0.3 is 0 Å². The molecule has 0 spiro atoms. The lowest BCUT2D eigenvalue weighted by atomic mass is 9.95. The SMILES string of the molecule is CN=C(NCC1(C)CC1)NC1CCCC(SC)C1. The molecule has 2 fully saturated rings. The molecule has 0 aromatic rings. The van der Waals surface area contributed by atoms with Crippen LogP contribution in [0.25, 0.3) is 0 Å². The first-order valence-corrected chi connectivity index (χ1v) is 8.44. The number of aliphatic imine (C=N–C) groups is 1. The Bertz CT molecular complexity index is 299. The van der Waals surface area contributed by atoms with Gasteiger partial charge in [-0.2, -0.15) is 11.8 Å². The largest absolute Gasteiger partial charge is 0.356 e. The van der Waals surface area contributed by atoms with Crippen LogP contribution in [-0.4, -0.2) is 37.1 Å². The Morgan fingerprint density at radius 3 is 2.78 bits per heavy atom. The Kier molecular flexibility index (Phi) is 4.82. The predicted molar refractivity (Wildman–Crippen MR) is 81.4 cm³/mol. The van der Waals surface area contributed by atoms with Crippen LogP contribution >= 0.6 is 11.8 Å². The van der Waals surface area contributed by atoms with Crippen molar-refractivity contribution in [2.24, 2.45) is 10.4 Å². The van der Waals surface area contributed by atoms with Gasteiger partial charge in [-0.3, -0.25) is 4.99 Å². The molecule has 4 heteroatoms. The zero-order valence-corrected chi connectivity index (χ0v) is 12.8. The van der Waals surface area contributed by atoms with Crippen LogP contribution in [0.15, 0.2) is 4.99 Å². The molecule has 0 aromatic carbocycles. The molecule has 0 aliphatic heterocycles. The molecule has 18 heavy (non-hydrogen) atoms. The van der Waals surface area contributed by atoms with Gasteiger partial charge in [-0.25, -0.2) is 0 Å². The van der Waals surface area contributed by atoms with Crippen LogP contribution in [0, 0.1) is 5.41 Å². The molecular formula is C14H27N3S. The van der Waals surface area contributed by atoms with Crippen molar-refractivity contribution in [3.05, 3.63) is 0 Å². The maximum Gasteiger partial charge on any atom is 0.191 e. The monoisotopic (exact) mass is 269 g/mol. The van der Waals surface area contributed by atoms with Crippen LogP contribution in [0.2, 0.25) is 0 Å². The zero-order valence-electron chi connectivity index (χ0n) is 12.0. The van der Waals surface area contributed by atoms with Gasteiger partial charge in [-0.1, -0.05) is 13.3 Å². The zero-order chi connectivity index (χ0) is 13.0. The summed E-state index contributed by atoms with van der Waals surface area (Å²) in [7, 11) is 1.87. The molecule has 2 N–H and O–H groups in total. The van der Waals surface area contributed by atoms with Gasteiger partial charge in [-0.05, 0) is 43.8 Å². The van der Waals surface area contributed by atoms with E-state index in [-0.39, 0.29) is 0 Å². The smallest absolute Gasteiger partial charge is 0.191 e. The molecule has 2 aliphatic rings. The first-order valence-electron chi connectivity index (χ1n) is 7.15. The highest BCUT2D eigenvalue weighted by molar-refractivity contribution is 7.99. The van der Waals surface area contributed by atoms with Crippen molar-refractivity contribution in [3.8, 4) is 0 Å². The molecule has 2 unspecified atom stereocenters. The summed E-state index contributed by atoms with van der Waals surface area (Å²) in [4.78, 5) is 4.35. The highest BCUT2D eigenvalue weighted by Crippen LogP contribution is 2.44. The van der Waals surface area contributed by atoms with Gasteiger partial charge in [0.05, 0.1) is 0 Å². The van der Waals surface area contributed by atoms with E-state index in [1.807, 2.05) is 18.8 Å². The maximum atomic E-state index is 4.35. The van der Waals surface area contributed by atoms with Crippen molar-refractivity contribution >= 4 is 17.7 Å². The van der Waals surface area contributed by atoms with Gasteiger partial charge < -0.3 is 10.6 Å². The molecule has 3 nitrogen and oxygen atoms in total. The first-order chi connectivity index (χ1) is 8.65. The number of nitrogens with zero attached hydrogens (tertiary/aromatic N) is 1. The van der Waals surface area contributed by atoms with Crippen LogP contribution in [-0.2, 0) is 0 Å². The summed E-state index contributed by atoms with van der Waals surface area (Å²) in [5, 5.41) is 7.91. The van der Waals surface area contributed by atoms with E-state index < -0.39 is 0 Å². The summed E-state index contributed by atoms with van der Waals surface area (Å²) in [5.41, 5.74) is 0.534. The molecule has 2 atom stereocenters. The van der Waals surface area contributed by atoms with Crippen molar-refractivity contribution in [2.75, 3.05) is 19.8 Å². The minimum Gasteiger partial charge on any atom is -0.356 e. The molecule has 2 rings (SSSR count). The lowest BCUT2D eigenvalue weighted by Gasteiger charge is -2.30. The Morgan fingerprint density at radius 1 is 1.39 bits per heavy atom. The van der Waals surface area contributed by atoms with Gasteiger partial charge in [0, 0.05) is 24.9 Å². The quantitative estimate of drug-likeness (QED) is 0.608. The summed E-state index contributed by atoms with van der Waals surface area (Å²) >= 11 is 2.01. The summed E-state index contributed by atoms with van der Waals surface area (Å²) in [6.07, 6.45) is 10.2. The van der Waals surface area contributed by atoms with Gasteiger partial charge in [0.25, 0.3) is 0 Å². The van der Waals surface area contributed by atoms with E-state index in [1.54, 1.807) is 0 Å². The van der Waals surface area contributed by atoms with Gasteiger partial charge in [0.15, 0.2) is 5.96 Å². The molecule has 2 aliphatic carbocycles. The van der Waals surface area contributed by atoms with Crippen molar-refractivity contribution in [2.45, 2.75) is 56.7 Å². The Balaban J connectivity index is 1.75. The number of thioether (sulfide) groups is 1. The fourth-order valence-corrected chi connectivity index (χ4v) is 3.39. The number of guanidine groups is 1. The van der Waals surface area contributed by atoms with E-state index in [0.29, 0.717) is 11.5 Å². The lowest BCUT2D eigenvalue weighted by Crippen LogP contribution is -2.46. The second-order valence-corrected chi connectivity index (χ2v) is 7.24. The Morgan fingerprint density at radius 2 is 2.17 bits per heavy atom. The molecule has 0 heterocycles. The maximum absolute atomic E-state index is 4.35. The third kappa shape index (κ3) is 4.08. The summed E-state index contributed by atoms with van der Waals surface area (Å²) < 4.78 is 0. The standard InChI is InChI=1S/C14H27N3S/c1-14(7-8-14)10-16-13(15-2)17-11-5-4-6-12(9-11)18-3/h11-12H,4-10H2,1-3H3,(H2,15,16,17). The van der Waals surface area contributed by atoms with Gasteiger partial charge in [0.1, 0.15) is 0 Å². The molecule has 0 aromatic heterocycles. The predicted octanol–water partition coefficient (Wildman–Crippen LogP) is 2.63. The summed E-state index contributed by atoms with van der Waals surface area (Å²) in [6.45, 7) is 3.41.